The van der Waals surface area contributed by atoms with Crippen molar-refractivity contribution in [3.05, 3.63) is 53.7 Å². The Labute approximate surface area is 107 Å². The Balaban J connectivity index is 2.10. The lowest BCUT2D eigenvalue weighted by Crippen LogP contribution is -2.24. The Morgan fingerprint density at radius 1 is 1.22 bits per heavy atom. The Morgan fingerprint density at radius 2 is 2.11 bits per heavy atom. The molecule has 3 rings (SSSR count). The van der Waals surface area contributed by atoms with Gasteiger partial charge in [-0.1, -0.05) is 24.3 Å². The van der Waals surface area contributed by atoms with Gasteiger partial charge in [0.05, 0.1) is 5.52 Å². The van der Waals surface area contributed by atoms with Gasteiger partial charge >= 0.3 is 0 Å². The molecule has 0 spiro atoms. The third-order valence-corrected chi connectivity index (χ3v) is 3.65. The maximum absolute atomic E-state index is 10.6. The third-order valence-electron chi connectivity index (χ3n) is 3.65. The average Bonchev–Trinajstić information content (AvgIpc) is 2.39. The number of rotatable bonds is 1. The van der Waals surface area contributed by atoms with E-state index in [0.717, 1.165) is 41.4 Å². The van der Waals surface area contributed by atoms with Gasteiger partial charge in [0.25, 0.3) is 0 Å². The molecule has 0 saturated carbocycles. The molecule has 0 fully saturated rings. The van der Waals surface area contributed by atoms with Gasteiger partial charge in [-0.15, -0.1) is 0 Å². The molecular weight excluding hydrogens is 222 g/mol. The summed E-state index contributed by atoms with van der Waals surface area (Å²) < 4.78 is 0. The molecule has 0 saturated heterocycles. The molecule has 2 aromatic rings. The van der Waals surface area contributed by atoms with E-state index < -0.39 is 5.60 Å². The second kappa shape index (κ2) is 4.21. The van der Waals surface area contributed by atoms with E-state index >= 15 is 0 Å². The standard InChI is InChI=1S/C16H17NO/c1-12-5-6-13-11-14(7-8-15(13)17-12)16(18)9-3-2-4-10-16/h3,5-9,11,18H,2,4,10H2,1H3. The lowest BCUT2D eigenvalue weighted by molar-refractivity contribution is 0.0727. The summed E-state index contributed by atoms with van der Waals surface area (Å²) >= 11 is 0. The van der Waals surface area contributed by atoms with Crippen molar-refractivity contribution in [1.82, 2.24) is 4.98 Å². The van der Waals surface area contributed by atoms with Gasteiger partial charge in [0.15, 0.2) is 0 Å². The fourth-order valence-corrected chi connectivity index (χ4v) is 2.59. The zero-order valence-corrected chi connectivity index (χ0v) is 10.6. The highest BCUT2D eigenvalue weighted by molar-refractivity contribution is 5.79. The van der Waals surface area contributed by atoms with Crippen molar-refractivity contribution in [2.24, 2.45) is 0 Å². The summed E-state index contributed by atoms with van der Waals surface area (Å²) in [5.74, 6) is 0. The number of hydrogen-bond acceptors (Lipinski definition) is 2. The molecular formula is C16H17NO. The normalized spacial score (nSPS) is 23.4. The summed E-state index contributed by atoms with van der Waals surface area (Å²) in [6.07, 6.45) is 6.91. The molecule has 2 nitrogen and oxygen atoms in total. The molecule has 2 heteroatoms. The predicted molar refractivity (Wildman–Crippen MR) is 73.4 cm³/mol. The zero-order valence-electron chi connectivity index (χ0n) is 10.6. The highest BCUT2D eigenvalue weighted by atomic mass is 16.3. The second-order valence-corrected chi connectivity index (χ2v) is 5.08. The van der Waals surface area contributed by atoms with Crippen molar-refractivity contribution >= 4 is 10.9 Å². The Kier molecular flexibility index (Phi) is 2.67. The number of pyridine rings is 1. The van der Waals surface area contributed by atoms with Crippen LogP contribution in [0.15, 0.2) is 42.5 Å². The maximum atomic E-state index is 10.6. The van der Waals surface area contributed by atoms with E-state index in [1.54, 1.807) is 0 Å². The van der Waals surface area contributed by atoms with E-state index in [0.29, 0.717) is 0 Å². The highest BCUT2D eigenvalue weighted by Crippen LogP contribution is 2.33. The summed E-state index contributed by atoms with van der Waals surface area (Å²) in [6.45, 7) is 1.99. The van der Waals surface area contributed by atoms with Crippen molar-refractivity contribution < 1.29 is 5.11 Å². The summed E-state index contributed by atoms with van der Waals surface area (Å²) in [5, 5.41) is 11.7. The molecule has 1 atom stereocenters. The highest BCUT2D eigenvalue weighted by Gasteiger charge is 2.27. The SMILES string of the molecule is Cc1ccc2cc(C3(O)C=CCCC3)ccc2n1. The van der Waals surface area contributed by atoms with Crippen LogP contribution in [-0.2, 0) is 5.60 Å². The molecule has 0 aliphatic heterocycles. The molecule has 1 aliphatic rings. The minimum Gasteiger partial charge on any atom is -0.381 e. The van der Waals surface area contributed by atoms with Gasteiger partial charge in [0, 0.05) is 11.1 Å². The predicted octanol–water partition coefficient (Wildman–Crippen LogP) is 3.47. The van der Waals surface area contributed by atoms with Gasteiger partial charge in [0.1, 0.15) is 5.60 Å². The van der Waals surface area contributed by atoms with E-state index in [1.807, 2.05) is 31.2 Å². The van der Waals surface area contributed by atoms with Crippen LogP contribution in [-0.4, -0.2) is 10.1 Å². The smallest absolute Gasteiger partial charge is 0.108 e. The molecule has 1 aromatic heterocycles. The zero-order chi connectivity index (χ0) is 12.6. The number of hydrogen-bond donors (Lipinski definition) is 1. The number of allylic oxidation sites excluding steroid dienone is 1. The minimum atomic E-state index is -0.794. The van der Waals surface area contributed by atoms with E-state index in [1.165, 1.54) is 0 Å². The quantitative estimate of drug-likeness (QED) is 0.773. The molecule has 1 aromatic carbocycles. The van der Waals surface area contributed by atoms with Crippen molar-refractivity contribution in [1.29, 1.82) is 0 Å². The van der Waals surface area contributed by atoms with Gasteiger partial charge in [-0.05, 0) is 49.9 Å². The van der Waals surface area contributed by atoms with E-state index in [9.17, 15) is 5.11 Å². The van der Waals surface area contributed by atoms with Crippen LogP contribution in [0.25, 0.3) is 10.9 Å². The molecule has 1 heterocycles. The fraction of sp³-hybridized carbons (Fsp3) is 0.312. The van der Waals surface area contributed by atoms with Crippen molar-refractivity contribution in [3.8, 4) is 0 Å². The van der Waals surface area contributed by atoms with Gasteiger partial charge in [-0.25, -0.2) is 0 Å². The molecule has 92 valence electrons. The van der Waals surface area contributed by atoms with Crippen molar-refractivity contribution in [2.75, 3.05) is 0 Å². The topological polar surface area (TPSA) is 33.1 Å². The van der Waals surface area contributed by atoms with Gasteiger partial charge < -0.3 is 5.11 Å². The van der Waals surface area contributed by atoms with Crippen LogP contribution in [0.1, 0.15) is 30.5 Å². The van der Waals surface area contributed by atoms with Crippen molar-refractivity contribution in [3.63, 3.8) is 0 Å². The van der Waals surface area contributed by atoms with Crippen LogP contribution >= 0.6 is 0 Å². The van der Waals surface area contributed by atoms with Crippen LogP contribution in [0, 0.1) is 6.92 Å². The minimum absolute atomic E-state index is 0.794. The Bertz CT molecular complexity index is 618. The largest absolute Gasteiger partial charge is 0.381 e. The summed E-state index contributed by atoms with van der Waals surface area (Å²) in [5.41, 5.74) is 2.18. The lowest BCUT2D eigenvalue weighted by atomic mass is 9.84. The second-order valence-electron chi connectivity index (χ2n) is 5.08. The Morgan fingerprint density at radius 3 is 2.89 bits per heavy atom. The van der Waals surface area contributed by atoms with E-state index in [-0.39, 0.29) is 0 Å². The summed E-state index contributed by atoms with van der Waals surface area (Å²) in [4.78, 5) is 4.48. The van der Waals surface area contributed by atoms with E-state index in [4.69, 9.17) is 0 Å². The van der Waals surface area contributed by atoms with Gasteiger partial charge in [0.2, 0.25) is 0 Å². The summed E-state index contributed by atoms with van der Waals surface area (Å²) in [6, 6.07) is 10.1. The first-order valence-electron chi connectivity index (χ1n) is 6.45. The number of aryl methyl sites for hydroxylation is 1. The molecule has 1 aliphatic carbocycles. The first kappa shape index (κ1) is 11.4. The summed E-state index contributed by atoms with van der Waals surface area (Å²) in [7, 11) is 0. The van der Waals surface area contributed by atoms with Crippen LogP contribution in [0.3, 0.4) is 0 Å². The molecule has 0 radical (unpaired) electrons. The third kappa shape index (κ3) is 1.93. The number of aromatic nitrogens is 1. The number of fused-ring (bicyclic) bond motifs is 1. The van der Waals surface area contributed by atoms with E-state index in [2.05, 4.69) is 23.2 Å². The number of benzene rings is 1. The number of nitrogens with zero attached hydrogens (tertiary/aromatic N) is 1. The molecule has 18 heavy (non-hydrogen) atoms. The van der Waals surface area contributed by atoms with Crippen LogP contribution in [0.2, 0.25) is 0 Å². The van der Waals surface area contributed by atoms with Crippen LogP contribution < -0.4 is 0 Å². The number of aliphatic hydroxyl groups is 1. The Hall–Kier alpha value is -1.67. The first-order chi connectivity index (χ1) is 8.67. The molecule has 0 amide bonds. The lowest BCUT2D eigenvalue weighted by Gasteiger charge is -2.28. The average molecular weight is 239 g/mol. The monoisotopic (exact) mass is 239 g/mol. The van der Waals surface area contributed by atoms with Crippen molar-refractivity contribution in [2.45, 2.75) is 31.8 Å². The van der Waals surface area contributed by atoms with Gasteiger partial charge in [-0.2, -0.15) is 0 Å². The van der Waals surface area contributed by atoms with Crippen LogP contribution in [0.4, 0.5) is 0 Å². The molecule has 0 bridgehead atoms. The molecule has 1 unspecified atom stereocenters. The van der Waals surface area contributed by atoms with Crippen LogP contribution in [0.5, 0.6) is 0 Å². The molecule has 1 N–H and O–H groups in total. The fourth-order valence-electron chi connectivity index (χ4n) is 2.59. The van der Waals surface area contributed by atoms with Gasteiger partial charge in [-0.3, -0.25) is 4.98 Å². The maximum Gasteiger partial charge on any atom is 0.108 e. The first-order valence-corrected chi connectivity index (χ1v) is 6.45.